The lowest BCUT2D eigenvalue weighted by Crippen LogP contribution is -2.35. The van der Waals surface area contributed by atoms with E-state index in [4.69, 9.17) is 23.2 Å². The van der Waals surface area contributed by atoms with E-state index in [-0.39, 0.29) is 21.2 Å². The molecule has 3 aromatic rings. The Morgan fingerprint density at radius 2 is 1.76 bits per heavy atom. The van der Waals surface area contributed by atoms with Crippen molar-refractivity contribution >= 4 is 41.6 Å². The van der Waals surface area contributed by atoms with Crippen LogP contribution in [0.5, 0.6) is 0 Å². The minimum absolute atomic E-state index is 0.0587. The van der Waals surface area contributed by atoms with E-state index in [2.05, 4.69) is 5.10 Å². The Kier molecular flexibility index (Phi) is 4.88. The number of nitrogens with zero attached hydrogens (tertiary/aromatic N) is 1. The molecule has 0 aliphatic carbocycles. The van der Waals surface area contributed by atoms with Gasteiger partial charge in [0.1, 0.15) is 12.1 Å². The zero-order valence-electron chi connectivity index (χ0n) is 12.7. The van der Waals surface area contributed by atoms with Gasteiger partial charge in [-0.15, -0.1) is 0 Å². The molecule has 1 aromatic heterocycles. The molecule has 0 amide bonds. The van der Waals surface area contributed by atoms with Gasteiger partial charge in [0.05, 0.1) is 26.3 Å². The lowest BCUT2D eigenvalue weighted by Gasteiger charge is -2.02. The smallest absolute Gasteiger partial charge is 0.279 e. The lowest BCUT2D eigenvalue weighted by atomic mass is 10.2. The van der Waals surface area contributed by atoms with Gasteiger partial charge in [-0.25, -0.2) is 9.07 Å². The standard InChI is InChI=1S/C18H11Cl2FN2O2/c19-13-5-1-2-7-16(13)23-18(25)12(15(22-23)8-9-24)10-11-4-3-6-14(20)17(11)21/h1-10,22H/b12-10-,15-8+. The molecular weight excluding hydrogens is 366 g/mol. The molecule has 126 valence electrons. The number of aromatic nitrogens is 2. The van der Waals surface area contributed by atoms with Crippen molar-refractivity contribution in [3.63, 3.8) is 0 Å². The molecule has 0 aliphatic rings. The summed E-state index contributed by atoms with van der Waals surface area (Å²) in [6.07, 6.45) is 3.06. The third-order valence-electron chi connectivity index (χ3n) is 3.57. The minimum atomic E-state index is -0.647. The van der Waals surface area contributed by atoms with E-state index in [9.17, 15) is 14.0 Å². The fourth-order valence-electron chi connectivity index (χ4n) is 2.39. The molecule has 0 saturated heterocycles. The van der Waals surface area contributed by atoms with Crippen LogP contribution in [0.25, 0.3) is 17.8 Å². The van der Waals surface area contributed by atoms with Gasteiger partial charge in [-0.1, -0.05) is 47.5 Å². The van der Waals surface area contributed by atoms with E-state index in [0.717, 1.165) is 0 Å². The largest absolute Gasteiger partial charge is 0.298 e. The van der Waals surface area contributed by atoms with E-state index in [1.165, 1.54) is 29.0 Å². The van der Waals surface area contributed by atoms with Gasteiger partial charge < -0.3 is 0 Å². The average Bonchev–Trinajstić information content (AvgIpc) is 2.89. The summed E-state index contributed by atoms with van der Waals surface area (Å²) in [5.74, 6) is -0.647. The Bertz CT molecular complexity index is 1130. The number of para-hydroxylation sites is 1. The number of carbonyl (C=O) groups is 1. The van der Waals surface area contributed by atoms with Gasteiger partial charge in [0.2, 0.25) is 0 Å². The number of hydrogen-bond donors (Lipinski definition) is 1. The highest BCUT2D eigenvalue weighted by Crippen LogP contribution is 2.18. The van der Waals surface area contributed by atoms with Gasteiger partial charge in [-0.2, -0.15) is 0 Å². The van der Waals surface area contributed by atoms with Crippen LogP contribution in [0.4, 0.5) is 4.39 Å². The van der Waals surface area contributed by atoms with Crippen molar-refractivity contribution < 1.29 is 9.18 Å². The summed E-state index contributed by atoms with van der Waals surface area (Å²) in [5, 5.41) is 3.46. The summed E-state index contributed by atoms with van der Waals surface area (Å²) < 4.78 is 15.3. The molecular formula is C18H11Cl2FN2O2. The number of H-pyrrole nitrogens is 1. The third-order valence-corrected chi connectivity index (χ3v) is 4.18. The Morgan fingerprint density at radius 3 is 2.48 bits per heavy atom. The van der Waals surface area contributed by atoms with Gasteiger partial charge in [0.25, 0.3) is 5.56 Å². The van der Waals surface area contributed by atoms with Gasteiger partial charge >= 0.3 is 0 Å². The van der Waals surface area contributed by atoms with E-state index >= 15 is 0 Å². The maximum absolute atomic E-state index is 14.1. The Hall–Kier alpha value is -2.63. The molecule has 0 radical (unpaired) electrons. The molecule has 0 bridgehead atoms. The number of aldehydes is 1. The molecule has 25 heavy (non-hydrogen) atoms. The summed E-state index contributed by atoms with van der Waals surface area (Å²) in [4.78, 5) is 23.7. The second-order valence-electron chi connectivity index (χ2n) is 5.12. The summed E-state index contributed by atoms with van der Waals surface area (Å²) in [7, 11) is 0. The molecule has 0 unspecified atom stereocenters. The first-order valence-corrected chi connectivity index (χ1v) is 7.95. The minimum Gasteiger partial charge on any atom is -0.298 e. The van der Waals surface area contributed by atoms with Gasteiger partial charge in [0, 0.05) is 11.6 Å². The summed E-state index contributed by atoms with van der Waals surface area (Å²) in [5.41, 5.74) is 0.0805. The highest BCUT2D eigenvalue weighted by molar-refractivity contribution is 6.32. The number of halogens is 3. The van der Waals surface area contributed by atoms with Crippen molar-refractivity contribution in [2.24, 2.45) is 0 Å². The molecule has 0 atom stereocenters. The van der Waals surface area contributed by atoms with E-state index in [0.29, 0.717) is 17.0 Å². The first-order valence-electron chi connectivity index (χ1n) is 7.20. The van der Waals surface area contributed by atoms with Crippen molar-refractivity contribution in [2.75, 3.05) is 0 Å². The topological polar surface area (TPSA) is 54.9 Å². The van der Waals surface area contributed by atoms with Crippen LogP contribution in [0.1, 0.15) is 5.56 Å². The Labute approximate surface area is 151 Å². The average molecular weight is 377 g/mol. The number of nitrogens with one attached hydrogen (secondary N) is 1. The van der Waals surface area contributed by atoms with Gasteiger partial charge in [-0.05, 0) is 24.3 Å². The van der Waals surface area contributed by atoms with E-state index < -0.39 is 11.4 Å². The van der Waals surface area contributed by atoms with Crippen LogP contribution in [-0.4, -0.2) is 16.1 Å². The summed E-state index contributed by atoms with van der Waals surface area (Å²) in [6.45, 7) is 0. The van der Waals surface area contributed by atoms with Crippen LogP contribution in [0.15, 0.2) is 47.3 Å². The Balaban J connectivity index is 2.35. The zero-order chi connectivity index (χ0) is 18.0. The van der Waals surface area contributed by atoms with Crippen molar-refractivity contribution in [3.8, 4) is 5.69 Å². The molecule has 4 nitrogen and oxygen atoms in total. The van der Waals surface area contributed by atoms with Gasteiger partial charge in [-0.3, -0.25) is 14.7 Å². The quantitative estimate of drug-likeness (QED) is 0.713. The molecule has 0 saturated carbocycles. The number of rotatable bonds is 3. The second kappa shape index (κ2) is 7.09. The maximum Gasteiger partial charge on any atom is 0.279 e. The van der Waals surface area contributed by atoms with Crippen LogP contribution < -0.4 is 16.1 Å². The lowest BCUT2D eigenvalue weighted by molar-refractivity contribution is -0.103. The zero-order valence-corrected chi connectivity index (χ0v) is 14.2. The van der Waals surface area contributed by atoms with Crippen LogP contribution in [0.3, 0.4) is 0 Å². The van der Waals surface area contributed by atoms with Crippen LogP contribution >= 0.6 is 23.2 Å². The summed E-state index contributed by atoms with van der Waals surface area (Å²) >= 11 is 11.9. The predicted molar refractivity (Wildman–Crippen MR) is 96.2 cm³/mol. The first-order chi connectivity index (χ1) is 12.0. The monoisotopic (exact) mass is 376 g/mol. The Morgan fingerprint density at radius 1 is 1.04 bits per heavy atom. The highest BCUT2D eigenvalue weighted by atomic mass is 35.5. The fraction of sp³-hybridized carbons (Fsp3) is 0. The SMILES string of the molecule is O=C/C=c1/[nH]n(-c2ccccc2Cl)c(=O)/c1=C\c1cccc(Cl)c1F. The highest BCUT2D eigenvalue weighted by Gasteiger charge is 2.10. The van der Waals surface area contributed by atoms with E-state index in [1.54, 1.807) is 30.3 Å². The van der Waals surface area contributed by atoms with Crippen molar-refractivity contribution in [1.82, 2.24) is 9.78 Å². The number of hydrogen-bond acceptors (Lipinski definition) is 2. The maximum atomic E-state index is 14.1. The molecule has 0 fully saturated rings. The van der Waals surface area contributed by atoms with Crippen molar-refractivity contribution in [3.05, 3.63) is 84.8 Å². The second-order valence-corrected chi connectivity index (χ2v) is 5.94. The third kappa shape index (κ3) is 3.29. The van der Waals surface area contributed by atoms with Crippen LogP contribution in [0, 0.1) is 5.82 Å². The molecule has 0 aliphatic heterocycles. The number of benzene rings is 2. The number of carbonyl (C=O) groups excluding carboxylic acids is 1. The molecule has 1 N–H and O–H groups in total. The van der Waals surface area contributed by atoms with Crippen molar-refractivity contribution in [1.29, 1.82) is 0 Å². The summed E-state index contributed by atoms with van der Waals surface area (Å²) in [6, 6.07) is 11.2. The van der Waals surface area contributed by atoms with Crippen LogP contribution in [-0.2, 0) is 4.79 Å². The predicted octanol–water partition coefficient (Wildman–Crippen LogP) is 2.42. The van der Waals surface area contributed by atoms with Gasteiger partial charge in [0.15, 0.2) is 0 Å². The first kappa shape index (κ1) is 17.2. The normalized spacial score (nSPS) is 12.6. The van der Waals surface area contributed by atoms with E-state index in [1.807, 2.05) is 0 Å². The molecule has 2 aromatic carbocycles. The molecule has 1 heterocycles. The molecule has 7 heteroatoms. The van der Waals surface area contributed by atoms with Crippen molar-refractivity contribution in [2.45, 2.75) is 0 Å². The molecule has 3 rings (SSSR count). The number of aromatic amines is 1. The molecule has 0 spiro atoms. The van der Waals surface area contributed by atoms with Crippen LogP contribution in [0.2, 0.25) is 10.0 Å². The fourth-order valence-corrected chi connectivity index (χ4v) is 2.79.